The van der Waals surface area contributed by atoms with Crippen molar-refractivity contribution in [2.45, 2.75) is 32.2 Å². The quantitative estimate of drug-likeness (QED) is 0.350. The first-order valence-electron chi connectivity index (χ1n) is 9.19. The molecule has 0 amide bonds. The molecule has 0 bridgehead atoms. The summed E-state index contributed by atoms with van der Waals surface area (Å²) in [6.45, 7) is 6.61. The smallest absolute Gasteiger partial charge is 0.191 e. The lowest BCUT2D eigenvalue weighted by atomic mass is 10.2. The summed E-state index contributed by atoms with van der Waals surface area (Å²) in [6.07, 6.45) is 6.80. The van der Waals surface area contributed by atoms with Gasteiger partial charge in [0.2, 0.25) is 0 Å². The molecule has 2 aromatic rings. The number of furan rings is 2. The molecular weight excluding hydrogens is 443 g/mol. The zero-order valence-electron chi connectivity index (χ0n) is 15.3. The van der Waals surface area contributed by atoms with Crippen molar-refractivity contribution in [3.63, 3.8) is 0 Å². The number of nitrogens with one attached hydrogen (secondary N) is 2. The number of nitrogens with zero attached hydrogens (tertiary/aromatic N) is 2. The first-order valence-corrected chi connectivity index (χ1v) is 9.19. The minimum atomic E-state index is 0. The number of halogens is 1. The minimum absolute atomic E-state index is 0. The van der Waals surface area contributed by atoms with Crippen molar-refractivity contribution in [2.24, 2.45) is 4.99 Å². The molecule has 1 saturated heterocycles. The van der Waals surface area contributed by atoms with Gasteiger partial charge in [-0.15, -0.1) is 24.0 Å². The number of rotatable bonds is 8. The summed E-state index contributed by atoms with van der Waals surface area (Å²) < 4.78 is 11.0. The molecule has 0 aliphatic carbocycles. The van der Waals surface area contributed by atoms with E-state index in [1.807, 2.05) is 18.2 Å². The molecule has 0 spiro atoms. The molecule has 3 heterocycles. The van der Waals surface area contributed by atoms with Crippen molar-refractivity contribution >= 4 is 29.9 Å². The van der Waals surface area contributed by atoms with Gasteiger partial charge in [0.25, 0.3) is 0 Å². The summed E-state index contributed by atoms with van der Waals surface area (Å²) in [6, 6.07) is 8.12. The summed E-state index contributed by atoms with van der Waals surface area (Å²) in [5.74, 6) is 2.82. The van der Waals surface area contributed by atoms with Crippen LogP contribution in [0.2, 0.25) is 0 Å². The topological polar surface area (TPSA) is 65.9 Å². The molecule has 0 radical (unpaired) electrons. The molecule has 1 fully saturated rings. The maximum Gasteiger partial charge on any atom is 0.191 e. The molecule has 1 unspecified atom stereocenters. The van der Waals surface area contributed by atoms with Crippen LogP contribution in [0.25, 0.3) is 0 Å². The molecule has 1 aliphatic heterocycles. The van der Waals surface area contributed by atoms with Gasteiger partial charge in [-0.2, -0.15) is 0 Å². The fourth-order valence-corrected chi connectivity index (χ4v) is 3.20. The Labute approximate surface area is 172 Å². The van der Waals surface area contributed by atoms with Crippen molar-refractivity contribution in [3.8, 4) is 0 Å². The number of guanidine groups is 1. The predicted molar refractivity (Wildman–Crippen MR) is 114 cm³/mol. The number of likely N-dealkylation sites (tertiary alicyclic amines) is 1. The number of hydrogen-bond acceptors (Lipinski definition) is 4. The largest absolute Gasteiger partial charge is 0.469 e. The fourth-order valence-electron chi connectivity index (χ4n) is 3.20. The second-order valence-electron chi connectivity index (χ2n) is 6.25. The maximum absolute atomic E-state index is 5.67. The average molecular weight is 472 g/mol. The van der Waals surface area contributed by atoms with Crippen LogP contribution < -0.4 is 10.6 Å². The van der Waals surface area contributed by atoms with Crippen LogP contribution in [-0.2, 0) is 6.42 Å². The van der Waals surface area contributed by atoms with E-state index in [9.17, 15) is 0 Å². The van der Waals surface area contributed by atoms with Crippen LogP contribution in [0.15, 0.2) is 50.6 Å². The number of aliphatic imine (C=N–C) groups is 1. The third kappa shape index (κ3) is 6.05. The lowest BCUT2D eigenvalue weighted by Gasteiger charge is -2.24. The summed E-state index contributed by atoms with van der Waals surface area (Å²) in [5, 5.41) is 6.69. The predicted octanol–water partition coefficient (Wildman–Crippen LogP) is 3.43. The molecule has 1 aliphatic rings. The van der Waals surface area contributed by atoms with E-state index in [0.717, 1.165) is 50.1 Å². The molecule has 26 heavy (non-hydrogen) atoms. The Bertz CT molecular complexity index is 622. The van der Waals surface area contributed by atoms with Crippen LogP contribution in [0.4, 0.5) is 0 Å². The Morgan fingerprint density at radius 3 is 2.58 bits per heavy atom. The van der Waals surface area contributed by atoms with Gasteiger partial charge in [0.15, 0.2) is 5.96 Å². The van der Waals surface area contributed by atoms with E-state index >= 15 is 0 Å². The molecule has 2 N–H and O–H groups in total. The highest BCUT2D eigenvalue weighted by Gasteiger charge is 2.25. The van der Waals surface area contributed by atoms with Gasteiger partial charge in [-0.25, -0.2) is 0 Å². The van der Waals surface area contributed by atoms with E-state index < -0.39 is 0 Å². The van der Waals surface area contributed by atoms with Crippen LogP contribution >= 0.6 is 24.0 Å². The fraction of sp³-hybridized carbons (Fsp3) is 0.526. The third-order valence-corrected chi connectivity index (χ3v) is 4.46. The van der Waals surface area contributed by atoms with Gasteiger partial charge in [0.05, 0.1) is 25.1 Å². The van der Waals surface area contributed by atoms with Crippen molar-refractivity contribution in [3.05, 3.63) is 48.3 Å². The van der Waals surface area contributed by atoms with Gasteiger partial charge in [0, 0.05) is 19.5 Å². The van der Waals surface area contributed by atoms with Crippen LogP contribution in [0, 0.1) is 0 Å². The molecule has 0 aromatic carbocycles. The lowest BCUT2D eigenvalue weighted by Crippen LogP contribution is -2.39. The van der Waals surface area contributed by atoms with Gasteiger partial charge in [-0.3, -0.25) is 9.89 Å². The normalized spacial score (nSPS) is 16.3. The summed E-state index contributed by atoms with van der Waals surface area (Å²) in [4.78, 5) is 7.26. The highest BCUT2D eigenvalue weighted by Crippen LogP contribution is 2.25. The summed E-state index contributed by atoms with van der Waals surface area (Å²) in [7, 11) is 0. The van der Waals surface area contributed by atoms with Crippen molar-refractivity contribution < 1.29 is 8.83 Å². The second-order valence-corrected chi connectivity index (χ2v) is 6.25. The highest BCUT2D eigenvalue weighted by atomic mass is 127. The molecule has 3 rings (SSSR count). The highest BCUT2D eigenvalue weighted by molar-refractivity contribution is 14.0. The third-order valence-electron chi connectivity index (χ3n) is 4.46. The molecular formula is C19H29IN4O2. The van der Waals surface area contributed by atoms with E-state index in [1.165, 1.54) is 12.8 Å². The van der Waals surface area contributed by atoms with Crippen LogP contribution in [0.1, 0.15) is 37.3 Å². The van der Waals surface area contributed by atoms with Crippen LogP contribution in [0.5, 0.6) is 0 Å². The van der Waals surface area contributed by atoms with E-state index in [4.69, 9.17) is 13.8 Å². The second kappa shape index (κ2) is 11.3. The Morgan fingerprint density at radius 2 is 1.92 bits per heavy atom. The lowest BCUT2D eigenvalue weighted by molar-refractivity contribution is 0.221. The molecule has 6 nitrogen and oxygen atoms in total. The zero-order valence-corrected chi connectivity index (χ0v) is 17.6. The molecule has 2 aromatic heterocycles. The Balaban J connectivity index is 0.00000243. The van der Waals surface area contributed by atoms with Crippen molar-refractivity contribution in [1.29, 1.82) is 0 Å². The van der Waals surface area contributed by atoms with E-state index in [0.29, 0.717) is 6.54 Å². The Morgan fingerprint density at radius 1 is 1.15 bits per heavy atom. The summed E-state index contributed by atoms with van der Waals surface area (Å²) >= 11 is 0. The first kappa shape index (κ1) is 20.8. The molecule has 7 heteroatoms. The first-order chi connectivity index (χ1) is 12.4. The monoisotopic (exact) mass is 472 g/mol. The Hall–Kier alpha value is -1.48. The van der Waals surface area contributed by atoms with Gasteiger partial charge in [0.1, 0.15) is 11.5 Å². The van der Waals surface area contributed by atoms with Crippen LogP contribution in [-0.4, -0.2) is 43.6 Å². The maximum atomic E-state index is 5.67. The van der Waals surface area contributed by atoms with Crippen molar-refractivity contribution in [1.82, 2.24) is 15.5 Å². The molecule has 144 valence electrons. The zero-order chi connectivity index (χ0) is 17.3. The van der Waals surface area contributed by atoms with E-state index in [-0.39, 0.29) is 30.0 Å². The van der Waals surface area contributed by atoms with E-state index in [1.54, 1.807) is 12.5 Å². The standard InChI is InChI=1S/C19H28N4O2.HI/c1-2-20-19(21-10-9-16-7-5-13-24-16)22-15-17(18-8-6-14-25-18)23-11-3-4-12-23;/h5-8,13-14,17H,2-4,9-12,15H2,1H3,(H2,20,21,22);1H. The van der Waals surface area contributed by atoms with Gasteiger partial charge < -0.3 is 19.5 Å². The minimum Gasteiger partial charge on any atom is -0.469 e. The SMILES string of the molecule is CCNC(=NCC(c1ccco1)N1CCCC1)NCCc1ccco1.I. The Kier molecular flexibility index (Phi) is 9.04. The van der Waals surface area contributed by atoms with Gasteiger partial charge in [-0.1, -0.05) is 0 Å². The van der Waals surface area contributed by atoms with Crippen molar-refractivity contribution in [2.75, 3.05) is 32.7 Å². The van der Waals surface area contributed by atoms with Gasteiger partial charge in [-0.05, 0) is 57.1 Å². The number of hydrogen-bond donors (Lipinski definition) is 2. The molecule has 0 saturated carbocycles. The summed E-state index contributed by atoms with van der Waals surface area (Å²) in [5.41, 5.74) is 0. The van der Waals surface area contributed by atoms with Gasteiger partial charge >= 0.3 is 0 Å². The molecule has 1 atom stereocenters. The van der Waals surface area contributed by atoms with Crippen LogP contribution in [0.3, 0.4) is 0 Å². The van der Waals surface area contributed by atoms with E-state index in [2.05, 4.69) is 28.5 Å². The average Bonchev–Trinajstić information content (AvgIpc) is 3.38.